The molecule has 122 valence electrons. The topological polar surface area (TPSA) is 9.23 Å². The number of allylic oxidation sites excluding steroid dienone is 9. The molecule has 0 saturated carbocycles. The fourth-order valence-electron chi connectivity index (χ4n) is 2.73. The number of ether oxygens (including phenoxy) is 1. The molecule has 0 fully saturated rings. The summed E-state index contributed by atoms with van der Waals surface area (Å²) in [4.78, 5) is 0. The average molecular weight is 300 g/mol. The van der Waals surface area contributed by atoms with Crippen LogP contribution in [0.5, 0.6) is 0 Å². The van der Waals surface area contributed by atoms with Crippen LogP contribution in [0.25, 0.3) is 0 Å². The van der Waals surface area contributed by atoms with Crippen molar-refractivity contribution in [2.75, 3.05) is 7.11 Å². The van der Waals surface area contributed by atoms with Gasteiger partial charge in [-0.3, -0.25) is 0 Å². The van der Waals surface area contributed by atoms with Crippen molar-refractivity contribution in [2.24, 2.45) is 5.41 Å². The summed E-state index contributed by atoms with van der Waals surface area (Å²) in [5.74, 6) is 0. The molecule has 1 unspecified atom stereocenters. The maximum Gasteiger partial charge on any atom is 0.0753 e. The maximum absolute atomic E-state index is 5.30. The lowest BCUT2D eigenvalue weighted by molar-refractivity contribution is 0.147. The second-order valence-corrected chi connectivity index (χ2v) is 6.95. The van der Waals surface area contributed by atoms with Crippen LogP contribution in [0.4, 0.5) is 0 Å². The molecule has 0 N–H and O–H groups in total. The van der Waals surface area contributed by atoms with Crippen molar-refractivity contribution >= 4 is 0 Å². The van der Waals surface area contributed by atoms with Crippen LogP contribution in [-0.2, 0) is 4.74 Å². The van der Waals surface area contributed by atoms with E-state index in [0.29, 0.717) is 0 Å². The minimum absolute atomic E-state index is 0.173. The monoisotopic (exact) mass is 300 g/mol. The third-order valence-corrected chi connectivity index (χ3v) is 4.60. The van der Waals surface area contributed by atoms with Crippen LogP contribution in [0.1, 0.15) is 54.4 Å². The summed E-state index contributed by atoms with van der Waals surface area (Å²) in [7, 11) is 1.74. The molecule has 0 heterocycles. The minimum atomic E-state index is 0.173. The van der Waals surface area contributed by atoms with Crippen molar-refractivity contribution in [3.63, 3.8) is 0 Å². The van der Waals surface area contributed by atoms with Crippen molar-refractivity contribution in [3.05, 3.63) is 58.7 Å². The first-order valence-electron chi connectivity index (χ1n) is 8.22. The molecule has 1 heteroatoms. The van der Waals surface area contributed by atoms with Crippen LogP contribution in [0.3, 0.4) is 0 Å². The Morgan fingerprint density at radius 3 is 2.55 bits per heavy atom. The Morgan fingerprint density at radius 2 is 1.95 bits per heavy atom. The van der Waals surface area contributed by atoms with Gasteiger partial charge in [-0.1, -0.05) is 61.4 Å². The van der Waals surface area contributed by atoms with Crippen LogP contribution in [0.2, 0.25) is 0 Å². The molecule has 0 amide bonds. The van der Waals surface area contributed by atoms with Gasteiger partial charge in [0.05, 0.1) is 6.10 Å². The highest BCUT2D eigenvalue weighted by Gasteiger charge is 2.26. The first kappa shape index (κ1) is 18.7. The van der Waals surface area contributed by atoms with Crippen molar-refractivity contribution < 1.29 is 4.74 Å². The summed E-state index contributed by atoms with van der Waals surface area (Å²) in [6.07, 6.45) is 15.8. The fourth-order valence-corrected chi connectivity index (χ4v) is 2.73. The zero-order valence-corrected chi connectivity index (χ0v) is 15.4. The SMILES string of the molecule is COC(C)/C(C)=C/C=C/C(C)=C/C=C1/C(C)=CCCC1(C)C. The summed E-state index contributed by atoms with van der Waals surface area (Å²) >= 11 is 0. The Balaban J connectivity index is 2.83. The first-order chi connectivity index (χ1) is 10.3. The highest BCUT2D eigenvalue weighted by Crippen LogP contribution is 2.40. The summed E-state index contributed by atoms with van der Waals surface area (Å²) in [6.45, 7) is 13.2. The van der Waals surface area contributed by atoms with E-state index in [1.165, 1.54) is 35.1 Å². The summed E-state index contributed by atoms with van der Waals surface area (Å²) in [5.41, 5.74) is 5.66. The zero-order valence-electron chi connectivity index (χ0n) is 15.4. The van der Waals surface area contributed by atoms with Gasteiger partial charge in [0.25, 0.3) is 0 Å². The van der Waals surface area contributed by atoms with E-state index in [-0.39, 0.29) is 11.5 Å². The van der Waals surface area contributed by atoms with E-state index >= 15 is 0 Å². The van der Waals surface area contributed by atoms with Gasteiger partial charge < -0.3 is 4.74 Å². The van der Waals surface area contributed by atoms with Gasteiger partial charge in [0.1, 0.15) is 0 Å². The van der Waals surface area contributed by atoms with Gasteiger partial charge in [0.15, 0.2) is 0 Å². The molecule has 0 aromatic carbocycles. The Bertz CT molecular complexity index is 524. The Labute approximate surface area is 137 Å². The van der Waals surface area contributed by atoms with E-state index in [1.54, 1.807) is 7.11 Å². The van der Waals surface area contributed by atoms with E-state index in [1.807, 2.05) is 0 Å². The Kier molecular flexibility index (Phi) is 7.09. The molecule has 0 aromatic rings. The summed E-state index contributed by atoms with van der Waals surface area (Å²) < 4.78 is 5.30. The highest BCUT2D eigenvalue weighted by molar-refractivity contribution is 5.40. The molecule has 0 aromatic heterocycles. The second kappa shape index (κ2) is 8.33. The molecule has 0 bridgehead atoms. The van der Waals surface area contributed by atoms with E-state index in [4.69, 9.17) is 4.74 Å². The fraction of sp³-hybridized carbons (Fsp3) is 0.524. The molecule has 22 heavy (non-hydrogen) atoms. The molecule has 0 spiro atoms. The third kappa shape index (κ3) is 5.46. The number of rotatable bonds is 5. The van der Waals surface area contributed by atoms with Gasteiger partial charge >= 0.3 is 0 Å². The molecule has 0 saturated heterocycles. The lowest BCUT2D eigenvalue weighted by Crippen LogP contribution is -2.18. The predicted octanol–water partition coefficient (Wildman–Crippen LogP) is 6.16. The molecule has 1 aliphatic carbocycles. The van der Waals surface area contributed by atoms with Gasteiger partial charge in [-0.2, -0.15) is 0 Å². The smallest absolute Gasteiger partial charge is 0.0753 e. The van der Waals surface area contributed by atoms with Gasteiger partial charge in [0.2, 0.25) is 0 Å². The van der Waals surface area contributed by atoms with Crippen molar-refractivity contribution in [1.29, 1.82) is 0 Å². The van der Waals surface area contributed by atoms with Gasteiger partial charge in [-0.05, 0) is 57.1 Å². The maximum atomic E-state index is 5.30. The molecular weight excluding hydrogens is 268 g/mol. The number of methoxy groups -OCH3 is 1. The molecule has 1 nitrogen and oxygen atoms in total. The Morgan fingerprint density at radius 1 is 1.27 bits per heavy atom. The van der Waals surface area contributed by atoms with Crippen LogP contribution in [0.15, 0.2) is 58.7 Å². The zero-order chi connectivity index (χ0) is 16.8. The molecular formula is C21H32O. The van der Waals surface area contributed by atoms with Gasteiger partial charge in [-0.15, -0.1) is 0 Å². The van der Waals surface area contributed by atoms with E-state index in [2.05, 4.69) is 78.0 Å². The van der Waals surface area contributed by atoms with Crippen LogP contribution >= 0.6 is 0 Å². The van der Waals surface area contributed by atoms with Crippen LogP contribution in [-0.4, -0.2) is 13.2 Å². The largest absolute Gasteiger partial charge is 0.377 e. The number of hydrogen-bond acceptors (Lipinski definition) is 1. The lowest BCUT2D eigenvalue weighted by atomic mass is 9.73. The van der Waals surface area contributed by atoms with E-state index in [0.717, 1.165) is 0 Å². The molecule has 1 atom stereocenters. The Hall–Kier alpha value is -1.34. The minimum Gasteiger partial charge on any atom is -0.377 e. The third-order valence-electron chi connectivity index (χ3n) is 4.60. The summed E-state index contributed by atoms with van der Waals surface area (Å²) in [5, 5.41) is 0. The molecule has 1 rings (SSSR count). The summed E-state index contributed by atoms with van der Waals surface area (Å²) in [6, 6.07) is 0. The van der Waals surface area contributed by atoms with E-state index in [9.17, 15) is 0 Å². The average Bonchev–Trinajstić information content (AvgIpc) is 2.45. The normalized spacial score (nSPS) is 23.0. The van der Waals surface area contributed by atoms with Crippen molar-refractivity contribution in [3.8, 4) is 0 Å². The van der Waals surface area contributed by atoms with Crippen LogP contribution in [0, 0.1) is 5.41 Å². The van der Waals surface area contributed by atoms with Crippen LogP contribution < -0.4 is 0 Å². The highest BCUT2D eigenvalue weighted by atomic mass is 16.5. The van der Waals surface area contributed by atoms with Crippen molar-refractivity contribution in [2.45, 2.75) is 60.5 Å². The standard InChI is InChI=1S/C21H32O/c1-16(10-8-11-17(2)19(4)22-7)13-14-20-18(3)12-9-15-21(20,5)6/h8,10-14,19H,9,15H2,1-7H3/b10-8+,16-13+,17-11+,20-14-. The first-order valence-corrected chi connectivity index (χ1v) is 8.22. The van der Waals surface area contributed by atoms with Crippen molar-refractivity contribution in [1.82, 2.24) is 0 Å². The predicted molar refractivity (Wildman–Crippen MR) is 98.0 cm³/mol. The second-order valence-electron chi connectivity index (χ2n) is 6.95. The van der Waals surface area contributed by atoms with Gasteiger partial charge in [0, 0.05) is 7.11 Å². The quantitative estimate of drug-likeness (QED) is 0.552. The molecule has 0 aliphatic heterocycles. The number of hydrogen-bond donors (Lipinski definition) is 0. The van der Waals surface area contributed by atoms with Gasteiger partial charge in [-0.25, -0.2) is 0 Å². The molecule has 1 aliphatic rings. The van der Waals surface area contributed by atoms with E-state index < -0.39 is 0 Å². The lowest BCUT2D eigenvalue weighted by Gasteiger charge is -2.32. The molecule has 0 radical (unpaired) electrons.